The minimum Gasteiger partial charge on any atom is -0.336 e. The van der Waals surface area contributed by atoms with Crippen LogP contribution in [0.25, 0.3) is 20.4 Å². The second-order valence-corrected chi connectivity index (χ2v) is 12.7. The first-order valence-corrected chi connectivity index (χ1v) is 15.4. The Labute approximate surface area is 258 Å². The standard InChI is InChI=1S/C14H16ClN3OS.C7H4ClNS.C6H14N2.CO2/c1-17(2)9-4-6-18(8-9)14(19)12-7-11-13(20-12)10(15)3-5-16-11;8-5-1-3-9-6-2-4-10-7(5)6;1-8(2)6-3-4-7-5-6;2-1-3/h3,5,7,9H,4,6,8H2,1-2H3;1-4H;6-7H,3-5H2,1-2H3;/t9-;;6-;/m0.0./s1. The van der Waals surface area contributed by atoms with E-state index in [0.717, 1.165) is 55.9 Å². The van der Waals surface area contributed by atoms with Gasteiger partial charge in [0.15, 0.2) is 0 Å². The molecule has 2 aliphatic heterocycles. The Hall–Kier alpha value is -2.47. The van der Waals surface area contributed by atoms with Crippen molar-refractivity contribution in [1.82, 2.24) is 30.0 Å². The van der Waals surface area contributed by atoms with Gasteiger partial charge < -0.3 is 20.0 Å². The molecule has 2 fully saturated rings. The van der Waals surface area contributed by atoms with Crippen molar-refractivity contribution in [2.45, 2.75) is 24.9 Å². The van der Waals surface area contributed by atoms with E-state index < -0.39 is 0 Å². The average molecular weight is 638 g/mol. The van der Waals surface area contributed by atoms with Gasteiger partial charge in [0, 0.05) is 44.1 Å². The van der Waals surface area contributed by atoms with Gasteiger partial charge in [-0.25, -0.2) is 0 Å². The summed E-state index contributed by atoms with van der Waals surface area (Å²) < 4.78 is 1.96. The summed E-state index contributed by atoms with van der Waals surface area (Å²) in [7, 11) is 8.39. The highest BCUT2D eigenvalue weighted by molar-refractivity contribution is 7.21. The molecule has 0 radical (unpaired) electrons. The van der Waals surface area contributed by atoms with E-state index in [2.05, 4.69) is 53.3 Å². The summed E-state index contributed by atoms with van der Waals surface area (Å²) >= 11 is 15.1. The van der Waals surface area contributed by atoms with Crippen molar-refractivity contribution < 1.29 is 14.4 Å². The van der Waals surface area contributed by atoms with Crippen LogP contribution in [0.3, 0.4) is 0 Å². The molecule has 0 aromatic carbocycles. The number of nitrogens with one attached hydrogen (secondary N) is 1. The molecule has 2 saturated heterocycles. The van der Waals surface area contributed by atoms with Gasteiger partial charge in [-0.3, -0.25) is 14.8 Å². The van der Waals surface area contributed by atoms with Crippen molar-refractivity contribution in [3.63, 3.8) is 0 Å². The molecule has 0 saturated carbocycles. The smallest absolute Gasteiger partial charge is 0.336 e. The second kappa shape index (κ2) is 16.2. The number of fused-ring (bicyclic) bond motifs is 2. The summed E-state index contributed by atoms with van der Waals surface area (Å²) in [5.74, 6) is 0.0911. The van der Waals surface area contributed by atoms with E-state index in [1.807, 2.05) is 22.4 Å². The summed E-state index contributed by atoms with van der Waals surface area (Å²) in [6.07, 6.45) is 5.98. The zero-order valence-corrected chi connectivity index (χ0v) is 26.6. The Morgan fingerprint density at radius 1 is 0.976 bits per heavy atom. The molecule has 6 rings (SSSR count). The maximum absolute atomic E-state index is 12.5. The summed E-state index contributed by atoms with van der Waals surface area (Å²) in [5, 5.41) is 6.75. The Morgan fingerprint density at radius 3 is 2.12 bits per heavy atom. The number of hydrogen-bond donors (Lipinski definition) is 1. The van der Waals surface area contributed by atoms with Gasteiger partial charge in [-0.2, -0.15) is 9.59 Å². The van der Waals surface area contributed by atoms with Crippen LogP contribution >= 0.6 is 45.9 Å². The van der Waals surface area contributed by atoms with Crippen molar-refractivity contribution in [2.24, 2.45) is 0 Å². The van der Waals surface area contributed by atoms with Crippen LogP contribution in [0.2, 0.25) is 10.0 Å². The van der Waals surface area contributed by atoms with Gasteiger partial charge in [0.1, 0.15) is 0 Å². The molecule has 41 heavy (non-hydrogen) atoms. The van der Waals surface area contributed by atoms with Crippen LogP contribution in [-0.2, 0) is 9.59 Å². The van der Waals surface area contributed by atoms with Gasteiger partial charge in [0.05, 0.1) is 35.4 Å². The van der Waals surface area contributed by atoms with Gasteiger partial charge >= 0.3 is 6.15 Å². The fourth-order valence-electron chi connectivity index (χ4n) is 4.44. The van der Waals surface area contributed by atoms with Crippen LogP contribution in [0.5, 0.6) is 0 Å². The Balaban J connectivity index is 0.000000182. The van der Waals surface area contributed by atoms with E-state index in [1.54, 1.807) is 35.9 Å². The lowest BCUT2D eigenvalue weighted by molar-refractivity contribution is -0.191. The minimum atomic E-state index is 0.0911. The largest absolute Gasteiger partial charge is 0.373 e. The summed E-state index contributed by atoms with van der Waals surface area (Å²) in [6.45, 7) is 3.98. The van der Waals surface area contributed by atoms with Crippen molar-refractivity contribution in [2.75, 3.05) is 54.4 Å². The second-order valence-electron chi connectivity index (χ2n) is 9.90. The number of halogens is 2. The molecule has 4 aromatic rings. The number of carbonyl (C=O) groups is 1. The lowest BCUT2D eigenvalue weighted by atomic mass is 10.2. The SMILES string of the molecule is CN(C)[C@H]1CCN(C(=O)c2cc3nccc(Cl)c3s2)C1.CN(C)[C@H]1CCNC1.Clc1ccnc2ccsc12.O=C=O. The zero-order chi connectivity index (χ0) is 29.9. The number of likely N-dealkylation sites (tertiary alicyclic amines) is 1. The summed E-state index contributed by atoms with van der Waals surface area (Å²) in [5.41, 5.74) is 1.78. The number of pyridine rings is 2. The molecule has 220 valence electrons. The van der Waals surface area contributed by atoms with Gasteiger partial charge in [-0.05, 0) is 77.2 Å². The molecule has 2 atom stereocenters. The van der Waals surface area contributed by atoms with Gasteiger partial charge in [-0.1, -0.05) is 23.2 Å². The summed E-state index contributed by atoms with van der Waals surface area (Å²) in [6, 6.07) is 8.61. The fraction of sp³-hybridized carbons (Fsp3) is 0.429. The molecule has 0 bridgehead atoms. The molecule has 0 aliphatic carbocycles. The first kappa shape index (κ1) is 33.0. The van der Waals surface area contributed by atoms with Crippen molar-refractivity contribution >= 4 is 78.4 Å². The first-order valence-electron chi connectivity index (χ1n) is 13.0. The quantitative estimate of drug-likeness (QED) is 0.335. The predicted molar refractivity (Wildman–Crippen MR) is 167 cm³/mol. The molecular formula is C28H34Cl2N6O3S2. The van der Waals surface area contributed by atoms with E-state index in [-0.39, 0.29) is 12.1 Å². The third-order valence-electron chi connectivity index (χ3n) is 6.82. The van der Waals surface area contributed by atoms with Gasteiger partial charge in [0.2, 0.25) is 0 Å². The predicted octanol–water partition coefficient (Wildman–Crippen LogP) is 5.00. The van der Waals surface area contributed by atoms with Crippen LogP contribution in [0, 0.1) is 0 Å². The highest BCUT2D eigenvalue weighted by atomic mass is 35.5. The van der Waals surface area contributed by atoms with Crippen LogP contribution in [0.4, 0.5) is 0 Å². The first-order chi connectivity index (χ1) is 19.7. The Bertz CT molecular complexity index is 1450. The third kappa shape index (κ3) is 9.26. The number of aromatic nitrogens is 2. The average Bonchev–Trinajstić information content (AvgIpc) is 3.76. The third-order valence-corrected chi connectivity index (χ3v) is 9.75. The number of carbonyl (C=O) groups excluding carboxylic acids is 3. The Kier molecular flexibility index (Phi) is 13.1. The highest BCUT2D eigenvalue weighted by Crippen LogP contribution is 2.31. The molecule has 4 aromatic heterocycles. The highest BCUT2D eigenvalue weighted by Gasteiger charge is 2.29. The number of amides is 1. The maximum atomic E-state index is 12.5. The molecule has 0 unspecified atom stereocenters. The van der Waals surface area contributed by atoms with Gasteiger partial charge in [-0.15, -0.1) is 22.7 Å². The minimum absolute atomic E-state index is 0.0911. The molecule has 13 heteroatoms. The van der Waals surface area contributed by atoms with Crippen LogP contribution < -0.4 is 5.32 Å². The number of rotatable bonds is 3. The van der Waals surface area contributed by atoms with E-state index in [4.69, 9.17) is 32.8 Å². The maximum Gasteiger partial charge on any atom is 0.373 e. The number of hydrogen-bond acceptors (Lipinski definition) is 10. The lowest BCUT2D eigenvalue weighted by Gasteiger charge is -2.19. The molecule has 6 heterocycles. The van der Waals surface area contributed by atoms with E-state index in [0.29, 0.717) is 11.1 Å². The van der Waals surface area contributed by atoms with Crippen LogP contribution in [0.1, 0.15) is 22.5 Å². The van der Waals surface area contributed by atoms with E-state index >= 15 is 0 Å². The van der Waals surface area contributed by atoms with E-state index in [9.17, 15) is 4.79 Å². The molecular weight excluding hydrogens is 603 g/mol. The number of thiophene rings is 2. The van der Waals surface area contributed by atoms with Crippen molar-refractivity contribution in [1.29, 1.82) is 0 Å². The molecule has 1 N–H and O–H groups in total. The fourth-order valence-corrected chi connectivity index (χ4v) is 6.74. The summed E-state index contributed by atoms with van der Waals surface area (Å²) in [4.78, 5) is 44.3. The Morgan fingerprint density at radius 2 is 1.61 bits per heavy atom. The van der Waals surface area contributed by atoms with E-state index in [1.165, 1.54) is 30.8 Å². The molecule has 2 aliphatic rings. The normalized spacial score (nSPS) is 17.9. The van der Waals surface area contributed by atoms with Crippen molar-refractivity contribution in [3.05, 3.63) is 57.0 Å². The van der Waals surface area contributed by atoms with Gasteiger partial charge in [0.25, 0.3) is 5.91 Å². The lowest BCUT2D eigenvalue weighted by Crippen LogP contribution is -2.34. The monoisotopic (exact) mass is 636 g/mol. The molecule has 0 spiro atoms. The zero-order valence-electron chi connectivity index (χ0n) is 23.5. The van der Waals surface area contributed by atoms with Crippen LogP contribution in [-0.4, -0.2) is 103 Å². The molecule has 1 amide bonds. The van der Waals surface area contributed by atoms with Crippen molar-refractivity contribution in [3.8, 4) is 0 Å². The molecule has 9 nitrogen and oxygen atoms in total. The number of nitrogens with zero attached hydrogens (tertiary/aromatic N) is 5. The topological polar surface area (TPSA) is 98.7 Å². The number of likely N-dealkylation sites (N-methyl/N-ethyl adjacent to an activating group) is 2. The van der Waals surface area contributed by atoms with Crippen LogP contribution in [0.15, 0.2) is 42.0 Å².